The molecule has 1 aromatic rings. The second kappa shape index (κ2) is 5.20. The van der Waals surface area contributed by atoms with E-state index in [2.05, 4.69) is 10.2 Å². The van der Waals surface area contributed by atoms with Crippen molar-refractivity contribution in [2.45, 2.75) is 13.8 Å². The molecule has 0 atom stereocenters. The molecule has 17 heavy (non-hydrogen) atoms. The fraction of sp³-hybridized carbons (Fsp3) is 0.273. The second-order valence-corrected chi connectivity index (χ2v) is 3.55. The lowest BCUT2D eigenvalue weighted by molar-refractivity contribution is 0.405. The molecule has 0 aliphatic carbocycles. The average Bonchev–Trinajstić information content (AvgIpc) is 2.22. The minimum absolute atomic E-state index is 0.107. The van der Waals surface area contributed by atoms with Gasteiger partial charge in [0.1, 0.15) is 11.5 Å². The van der Waals surface area contributed by atoms with E-state index in [1.165, 1.54) is 6.21 Å². The summed E-state index contributed by atoms with van der Waals surface area (Å²) in [6, 6.07) is 1.60. The number of hydrogen-bond acceptors (Lipinski definition) is 4. The van der Waals surface area contributed by atoms with Crippen LogP contribution in [0.3, 0.4) is 0 Å². The smallest absolute Gasteiger partial charge is 0.211 e. The number of nitrogens with two attached hydrogens (primary N) is 2. The van der Waals surface area contributed by atoms with Crippen molar-refractivity contribution in [1.82, 2.24) is 0 Å². The number of aromatic hydroxyl groups is 1. The Bertz CT molecular complexity index is 477. The Morgan fingerprint density at radius 2 is 2.06 bits per heavy atom. The summed E-state index contributed by atoms with van der Waals surface area (Å²) in [5.41, 5.74) is 12.4. The number of aryl methyl sites for hydroxylation is 1. The molecule has 0 fully saturated rings. The van der Waals surface area contributed by atoms with Gasteiger partial charge < -0.3 is 21.3 Å². The van der Waals surface area contributed by atoms with E-state index < -0.39 is 0 Å². The molecule has 0 aliphatic rings. The molecule has 0 aliphatic heterocycles. The van der Waals surface area contributed by atoms with Gasteiger partial charge in [-0.05, 0) is 25.5 Å². The first-order valence-electron chi connectivity index (χ1n) is 4.96. The summed E-state index contributed by atoms with van der Waals surface area (Å²) in [6.07, 6.45) is 1.38. The molecule has 6 heteroatoms. The monoisotopic (exact) mass is 236 g/mol. The van der Waals surface area contributed by atoms with Crippen LogP contribution in [0.2, 0.25) is 0 Å². The van der Waals surface area contributed by atoms with Gasteiger partial charge in [-0.1, -0.05) is 0 Å². The lowest BCUT2D eigenvalue weighted by Crippen LogP contribution is -2.21. The highest BCUT2D eigenvalue weighted by molar-refractivity contribution is 5.87. The number of guanidine groups is 1. The minimum Gasteiger partial charge on any atom is -0.507 e. The summed E-state index contributed by atoms with van der Waals surface area (Å²) in [7, 11) is 1.57. The maximum Gasteiger partial charge on any atom is 0.211 e. The summed E-state index contributed by atoms with van der Waals surface area (Å²) in [5, 5.41) is 16.9. The summed E-state index contributed by atoms with van der Waals surface area (Å²) in [5.74, 6) is 0.668. The summed E-state index contributed by atoms with van der Waals surface area (Å²) in [6.45, 7) is 3.67. The van der Waals surface area contributed by atoms with Crippen LogP contribution < -0.4 is 16.2 Å². The number of ether oxygens (including phenoxy) is 1. The van der Waals surface area contributed by atoms with E-state index in [1.54, 1.807) is 13.2 Å². The molecule has 5 N–H and O–H groups in total. The Labute approximate surface area is 99.6 Å². The van der Waals surface area contributed by atoms with Crippen LogP contribution in [-0.2, 0) is 0 Å². The lowest BCUT2D eigenvalue weighted by Gasteiger charge is -2.12. The van der Waals surface area contributed by atoms with Crippen molar-refractivity contribution in [1.29, 1.82) is 0 Å². The van der Waals surface area contributed by atoms with Crippen molar-refractivity contribution < 1.29 is 9.84 Å². The zero-order chi connectivity index (χ0) is 13.0. The van der Waals surface area contributed by atoms with Crippen LogP contribution in [0.5, 0.6) is 11.5 Å². The van der Waals surface area contributed by atoms with Gasteiger partial charge in [-0.25, -0.2) is 0 Å². The Kier molecular flexibility index (Phi) is 3.92. The molecule has 0 unspecified atom stereocenters. The van der Waals surface area contributed by atoms with Crippen LogP contribution in [0.4, 0.5) is 0 Å². The highest BCUT2D eigenvalue weighted by Crippen LogP contribution is 2.31. The molecule has 0 spiro atoms. The highest BCUT2D eigenvalue weighted by Gasteiger charge is 2.11. The molecule has 0 amide bonds. The molecule has 1 rings (SSSR count). The van der Waals surface area contributed by atoms with Crippen LogP contribution in [0, 0.1) is 13.8 Å². The normalized spacial score (nSPS) is 10.5. The highest BCUT2D eigenvalue weighted by atomic mass is 16.5. The van der Waals surface area contributed by atoms with Gasteiger partial charge in [0.2, 0.25) is 5.96 Å². The quantitative estimate of drug-likeness (QED) is 0.406. The van der Waals surface area contributed by atoms with Gasteiger partial charge in [-0.2, -0.15) is 5.10 Å². The van der Waals surface area contributed by atoms with Gasteiger partial charge in [0.25, 0.3) is 0 Å². The lowest BCUT2D eigenvalue weighted by atomic mass is 10.0. The van der Waals surface area contributed by atoms with E-state index in [0.717, 1.165) is 11.1 Å². The minimum atomic E-state index is -0.141. The van der Waals surface area contributed by atoms with E-state index in [4.69, 9.17) is 16.2 Å². The predicted molar refractivity (Wildman–Crippen MR) is 67.5 cm³/mol. The topological polar surface area (TPSA) is 106 Å². The van der Waals surface area contributed by atoms with Gasteiger partial charge in [0, 0.05) is 11.1 Å². The Balaban J connectivity index is 3.24. The standard InChI is InChI=1S/C11H16N4O2/c1-6-4-9(16)8(5-14-15-11(12)13)7(2)10(6)17-3/h4-5,16H,1-3H3,(H4,12,13,15). The molecular weight excluding hydrogens is 220 g/mol. The number of rotatable bonds is 3. The van der Waals surface area contributed by atoms with Crippen LogP contribution in [0.25, 0.3) is 0 Å². The molecule has 0 saturated carbocycles. The molecule has 0 heterocycles. The number of methoxy groups -OCH3 is 1. The van der Waals surface area contributed by atoms with Gasteiger partial charge in [0.15, 0.2) is 0 Å². The molecule has 0 saturated heterocycles. The summed E-state index contributed by atoms with van der Waals surface area (Å²) < 4.78 is 5.24. The summed E-state index contributed by atoms with van der Waals surface area (Å²) >= 11 is 0. The van der Waals surface area contributed by atoms with Gasteiger partial charge >= 0.3 is 0 Å². The zero-order valence-electron chi connectivity index (χ0n) is 10.1. The molecule has 0 radical (unpaired) electrons. The molecule has 0 aromatic heterocycles. The molecule has 0 bridgehead atoms. The number of phenolic OH excluding ortho intramolecular Hbond substituents is 1. The molecule has 92 valence electrons. The van der Waals surface area contributed by atoms with Crippen molar-refractivity contribution in [3.05, 3.63) is 22.8 Å². The Morgan fingerprint density at radius 1 is 1.41 bits per heavy atom. The predicted octanol–water partition coefficient (Wildman–Crippen LogP) is 0.625. The first-order valence-corrected chi connectivity index (χ1v) is 4.96. The third kappa shape index (κ3) is 2.87. The van der Waals surface area contributed by atoms with E-state index >= 15 is 0 Å². The van der Waals surface area contributed by atoms with Crippen LogP contribution in [0.15, 0.2) is 16.3 Å². The fourth-order valence-corrected chi connectivity index (χ4v) is 1.59. The van der Waals surface area contributed by atoms with Crippen LogP contribution in [0.1, 0.15) is 16.7 Å². The molecular formula is C11H16N4O2. The zero-order valence-corrected chi connectivity index (χ0v) is 10.1. The Morgan fingerprint density at radius 3 is 2.59 bits per heavy atom. The van der Waals surface area contributed by atoms with E-state index in [1.807, 2.05) is 13.8 Å². The third-order valence-corrected chi connectivity index (χ3v) is 2.30. The second-order valence-electron chi connectivity index (χ2n) is 3.55. The average molecular weight is 236 g/mol. The number of nitrogens with zero attached hydrogens (tertiary/aromatic N) is 2. The Hall–Kier alpha value is -2.24. The van der Waals surface area contributed by atoms with Crippen molar-refractivity contribution >= 4 is 12.2 Å². The largest absolute Gasteiger partial charge is 0.507 e. The maximum atomic E-state index is 9.80. The number of hydrogen-bond donors (Lipinski definition) is 3. The van der Waals surface area contributed by atoms with Crippen molar-refractivity contribution in [3.8, 4) is 11.5 Å². The van der Waals surface area contributed by atoms with Gasteiger partial charge in [-0.15, -0.1) is 5.10 Å². The van der Waals surface area contributed by atoms with Crippen molar-refractivity contribution in [2.24, 2.45) is 21.7 Å². The SMILES string of the molecule is COc1c(C)cc(O)c(C=NN=C(N)N)c1C. The number of benzene rings is 1. The van der Waals surface area contributed by atoms with E-state index in [-0.39, 0.29) is 11.7 Å². The third-order valence-electron chi connectivity index (χ3n) is 2.30. The van der Waals surface area contributed by atoms with Gasteiger partial charge in [-0.3, -0.25) is 0 Å². The van der Waals surface area contributed by atoms with Crippen LogP contribution in [-0.4, -0.2) is 24.4 Å². The van der Waals surface area contributed by atoms with Crippen molar-refractivity contribution in [2.75, 3.05) is 7.11 Å². The number of phenols is 1. The molecule has 6 nitrogen and oxygen atoms in total. The van der Waals surface area contributed by atoms with E-state index in [0.29, 0.717) is 11.3 Å². The summed E-state index contributed by atoms with van der Waals surface area (Å²) in [4.78, 5) is 0. The first-order chi connectivity index (χ1) is 7.97. The van der Waals surface area contributed by atoms with Crippen molar-refractivity contribution in [3.63, 3.8) is 0 Å². The van der Waals surface area contributed by atoms with E-state index in [9.17, 15) is 5.11 Å². The molecule has 1 aromatic carbocycles. The fourth-order valence-electron chi connectivity index (χ4n) is 1.59. The first kappa shape index (κ1) is 12.8. The van der Waals surface area contributed by atoms with Crippen LogP contribution >= 0.6 is 0 Å². The van der Waals surface area contributed by atoms with Gasteiger partial charge in [0.05, 0.1) is 13.3 Å². The maximum absolute atomic E-state index is 9.80.